The van der Waals surface area contributed by atoms with Gasteiger partial charge >= 0.3 is 0 Å². The van der Waals surface area contributed by atoms with Gasteiger partial charge in [0.15, 0.2) is 5.13 Å². The van der Waals surface area contributed by atoms with E-state index in [-0.39, 0.29) is 10.1 Å². The van der Waals surface area contributed by atoms with Gasteiger partial charge in [-0.25, -0.2) is 13.4 Å². The highest BCUT2D eigenvalue weighted by atomic mass is 32.2. The zero-order valence-corrected chi connectivity index (χ0v) is 23.3. The SMILES string of the molecule is CCN(CC)CCN(C(=O)C1CCCCN1S(=O)(=O)c1cccs1)c1nc2c(C)cc(C)cc2s1. The summed E-state index contributed by atoms with van der Waals surface area (Å²) in [6.45, 7) is 11.6. The van der Waals surface area contributed by atoms with Crippen LogP contribution in [0.15, 0.2) is 33.9 Å². The fourth-order valence-corrected chi connectivity index (χ4v) is 8.64. The number of amides is 1. The lowest BCUT2D eigenvalue weighted by Crippen LogP contribution is -2.54. The van der Waals surface area contributed by atoms with Crippen molar-refractivity contribution in [3.63, 3.8) is 0 Å². The monoisotopic (exact) mass is 534 g/mol. The molecule has 10 heteroatoms. The van der Waals surface area contributed by atoms with Crippen molar-refractivity contribution in [1.82, 2.24) is 14.2 Å². The number of anilines is 1. The molecular weight excluding hydrogens is 501 g/mol. The average molecular weight is 535 g/mol. The number of thiophene rings is 1. The van der Waals surface area contributed by atoms with Gasteiger partial charge in [0.25, 0.3) is 10.0 Å². The molecule has 1 fully saturated rings. The van der Waals surface area contributed by atoms with Gasteiger partial charge in [-0.2, -0.15) is 4.31 Å². The second kappa shape index (κ2) is 11.0. The molecule has 0 bridgehead atoms. The number of sulfonamides is 1. The van der Waals surface area contributed by atoms with E-state index in [2.05, 4.69) is 37.8 Å². The van der Waals surface area contributed by atoms with Crippen LogP contribution in [0.4, 0.5) is 5.13 Å². The second-order valence-electron chi connectivity index (χ2n) is 9.00. The van der Waals surface area contributed by atoms with Crippen molar-refractivity contribution in [3.8, 4) is 0 Å². The number of carbonyl (C=O) groups excluding carboxylic acids is 1. The minimum absolute atomic E-state index is 0.176. The summed E-state index contributed by atoms with van der Waals surface area (Å²) in [6.07, 6.45) is 2.11. The number of aromatic nitrogens is 1. The zero-order valence-electron chi connectivity index (χ0n) is 20.9. The van der Waals surface area contributed by atoms with Gasteiger partial charge in [-0.1, -0.05) is 43.7 Å². The van der Waals surface area contributed by atoms with E-state index in [1.165, 1.54) is 27.0 Å². The Labute approximate surface area is 216 Å². The van der Waals surface area contributed by atoms with Crippen molar-refractivity contribution in [3.05, 3.63) is 40.8 Å². The van der Waals surface area contributed by atoms with Crippen LogP contribution in [-0.4, -0.2) is 67.3 Å². The van der Waals surface area contributed by atoms with Crippen molar-refractivity contribution in [2.24, 2.45) is 0 Å². The molecule has 2 aromatic heterocycles. The van der Waals surface area contributed by atoms with Gasteiger partial charge in [0.05, 0.1) is 10.2 Å². The Morgan fingerprint density at radius 3 is 2.63 bits per heavy atom. The first-order valence-electron chi connectivity index (χ1n) is 12.2. The quantitative estimate of drug-likeness (QED) is 0.391. The maximum Gasteiger partial charge on any atom is 0.253 e. The Hall–Kier alpha value is -1.85. The van der Waals surface area contributed by atoms with Gasteiger partial charge < -0.3 is 4.90 Å². The summed E-state index contributed by atoms with van der Waals surface area (Å²) in [5.74, 6) is -0.176. The lowest BCUT2D eigenvalue weighted by atomic mass is 10.0. The number of thiazole rings is 1. The summed E-state index contributed by atoms with van der Waals surface area (Å²) in [5.41, 5.74) is 3.15. The van der Waals surface area contributed by atoms with Crippen LogP contribution in [0.2, 0.25) is 0 Å². The molecule has 4 rings (SSSR count). The first-order valence-corrected chi connectivity index (χ1v) is 15.4. The Balaban J connectivity index is 1.72. The molecule has 1 aromatic carbocycles. The third kappa shape index (κ3) is 5.46. The van der Waals surface area contributed by atoms with E-state index in [0.717, 1.165) is 47.3 Å². The van der Waals surface area contributed by atoms with Gasteiger partial charge in [0.1, 0.15) is 10.3 Å². The van der Waals surface area contributed by atoms with Gasteiger partial charge in [-0.15, -0.1) is 11.3 Å². The maximum absolute atomic E-state index is 14.1. The molecule has 1 saturated heterocycles. The predicted molar refractivity (Wildman–Crippen MR) is 145 cm³/mol. The van der Waals surface area contributed by atoms with Crippen molar-refractivity contribution in [2.45, 2.75) is 57.2 Å². The molecule has 35 heavy (non-hydrogen) atoms. The van der Waals surface area contributed by atoms with Crippen LogP contribution in [0.1, 0.15) is 44.2 Å². The minimum atomic E-state index is -3.73. The summed E-state index contributed by atoms with van der Waals surface area (Å²) >= 11 is 2.71. The van der Waals surface area contributed by atoms with Crippen molar-refractivity contribution < 1.29 is 13.2 Å². The molecular formula is C25H34N4O3S3. The Morgan fingerprint density at radius 2 is 1.94 bits per heavy atom. The van der Waals surface area contributed by atoms with Crippen LogP contribution in [0.5, 0.6) is 0 Å². The highest BCUT2D eigenvalue weighted by Gasteiger charge is 2.40. The largest absolute Gasteiger partial charge is 0.302 e. The number of fused-ring (bicyclic) bond motifs is 1. The van der Waals surface area contributed by atoms with Crippen LogP contribution in [0.25, 0.3) is 10.2 Å². The standard InChI is InChI=1S/C25H34N4O3S3/c1-5-27(6-2)13-14-28(25-26-23-19(4)16-18(3)17-21(23)34-25)24(30)20-10-7-8-12-29(20)35(31,32)22-11-9-15-33-22/h9,11,15-17,20H,5-8,10,12-14H2,1-4H3. The smallest absolute Gasteiger partial charge is 0.253 e. The normalized spacial score (nSPS) is 17.3. The molecule has 3 aromatic rings. The van der Waals surface area contributed by atoms with E-state index in [1.807, 2.05) is 6.92 Å². The lowest BCUT2D eigenvalue weighted by molar-refractivity contribution is -0.123. The van der Waals surface area contributed by atoms with Gasteiger partial charge in [0.2, 0.25) is 5.91 Å². The molecule has 190 valence electrons. The van der Waals surface area contributed by atoms with Crippen molar-refractivity contribution in [2.75, 3.05) is 37.6 Å². The Bertz CT molecular complexity index is 1270. The van der Waals surface area contributed by atoms with Crippen molar-refractivity contribution in [1.29, 1.82) is 0 Å². The summed E-state index contributed by atoms with van der Waals surface area (Å²) in [5, 5.41) is 2.40. The molecule has 0 radical (unpaired) electrons. The van der Waals surface area contributed by atoms with E-state index in [1.54, 1.807) is 22.4 Å². The number of nitrogens with zero attached hydrogens (tertiary/aromatic N) is 4. The molecule has 1 aliphatic rings. The van der Waals surface area contributed by atoms with Crippen LogP contribution in [0.3, 0.4) is 0 Å². The minimum Gasteiger partial charge on any atom is -0.302 e. The Kier molecular flexibility index (Phi) is 8.27. The van der Waals surface area contributed by atoms with E-state index in [4.69, 9.17) is 4.98 Å². The summed E-state index contributed by atoms with van der Waals surface area (Å²) in [4.78, 5) is 23.0. The number of hydrogen-bond donors (Lipinski definition) is 0. The molecule has 0 spiro atoms. The number of piperidine rings is 1. The number of aryl methyl sites for hydroxylation is 2. The van der Waals surface area contributed by atoms with Gasteiger partial charge in [-0.05, 0) is 68.4 Å². The first kappa shape index (κ1) is 26.2. The fraction of sp³-hybridized carbons (Fsp3) is 0.520. The molecule has 3 heterocycles. The predicted octanol–water partition coefficient (Wildman–Crippen LogP) is 4.89. The molecule has 7 nitrogen and oxygen atoms in total. The van der Waals surface area contributed by atoms with E-state index in [9.17, 15) is 13.2 Å². The van der Waals surface area contributed by atoms with E-state index in [0.29, 0.717) is 31.2 Å². The molecule has 1 amide bonds. The van der Waals surface area contributed by atoms with Crippen LogP contribution in [0, 0.1) is 13.8 Å². The molecule has 1 aliphatic heterocycles. The van der Waals surface area contributed by atoms with Crippen LogP contribution < -0.4 is 4.90 Å². The highest BCUT2D eigenvalue weighted by molar-refractivity contribution is 7.91. The molecule has 0 saturated carbocycles. The van der Waals surface area contributed by atoms with Gasteiger partial charge in [0, 0.05) is 19.6 Å². The first-order chi connectivity index (χ1) is 16.8. The summed E-state index contributed by atoms with van der Waals surface area (Å²) in [6, 6.07) is 6.84. The zero-order chi connectivity index (χ0) is 25.2. The lowest BCUT2D eigenvalue weighted by Gasteiger charge is -2.36. The molecule has 1 atom stereocenters. The second-order valence-corrected chi connectivity index (χ2v) is 13.1. The fourth-order valence-electron chi connectivity index (χ4n) is 4.70. The van der Waals surface area contributed by atoms with Crippen molar-refractivity contribution >= 4 is 54.0 Å². The number of benzene rings is 1. The highest BCUT2D eigenvalue weighted by Crippen LogP contribution is 2.34. The topological polar surface area (TPSA) is 73.8 Å². The van der Waals surface area contributed by atoms with E-state index >= 15 is 0 Å². The number of rotatable bonds is 9. The number of hydrogen-bond acceptors (Lipinski definition) is 7. The number of likely N-dealkylation sites (N-methyl/N-ethyl adjacent to an activating group) is 1. The third-order valence-electron chi connectivity index (χ3n) is 6.65. The third-order valence-corrected chi connectivity index (χ3v) is 11.0. The van der Waals surface area contributed by atoms with Crippen LogP contribution in [-0.2, 0) is 14.8 Å². The average Bonchev–Trinajstić information content (AvgIpc) is 3.53. The molecule has 1 unspecified atom stereocenters. The molecule has 0 aliphatic carbocycles. The van der Waals surface area contributed by atoms with Crippen LogP contribution >= 0.6 is 22.7 Å². The van der Waals surface area contributed by atoms with Gasteiger partial charge in [-0.3, -0.25) is 9.69 Å². The summed E-state index contributed by atoms with van der Waals surface area (Å²) in [7, 11) is -3.73. The Morgan fingerprint density at radius 1 is 1.17 bits per heavy atom. The molecule has 0 N–H and O–H groups in total. The number of carbonyl (C=O) groups is 1. The maximum atomic E-state index is 14.1. The summed E-state index contributed by atoms with van der Waals surface area (Å²) < 4.78 is 29.7. The van der Waals surface area contributed by atoms with E-state index < -0.39 is 16.1 Å².